The molecule has 1 aromatic heterocycles. The second-order valence-electron chi connectivity index (χ2n) is 7.59. The number of hydrogen-bond donors (Lipinski definition) is 0. The minimum absolute atomic E-state index is 0.155. The Kier molecular flexibility index (Phi) is 4.01. The van der Waals surface area contributed by atoms with E-state index in [2.05, 4.69) is 22.9 Å². The van der Waals surface area contributed by atoms with E-state index >= 15 is 0 Å². The highest BCUT2D eigenvalue weighted by molar-refractivity contribution is 5.01. The van der Waals surface area contributed by atoms with Crippen LogP contribution in [0.25, 0.3) is 0 Å². The van der Waals surface area contributed by atoms with Gasteiger partial charge in [0.1, 0.15) is 5.76 Å². The first-order valence-electron chi connectivity index (χ1n) is 8.81. The van der Waals surface area contributed by atoms with Gasteiger partial charge in [0.25, 0.3) is 0 Å². The Morgan fingerprint density at radius 3 is 2.82 bits per heavy atom. The van der Waals surface area contributed by atoms with Crippen LogP contribution in [-0.2, 0) is 11.3 Å². The molecule has 4 rings (SSSR count). The van der Waals surface area contributed by atoms with Crippen LogP contribution in [0.1, 0.15) is 37.9 Å². The van der Waals surface area contributed by atoms with Crippen molar-refractivity contribution in [2.45, 2.75) is 50.3 Å². The molecule has 0 radical (unpaired) electrons. The van der Waals surface area contributed by atoms with Crippen LogP contribution in [0.3, 0.4) is 0 Å². The Bertz CT molecular complexity index is 475. The van der Waals surface area contributed by atoms with Gasteiger partial charge in [0.15, 0.2) is 0 Å². The van der Waals surface area contributed by atoms with E-state index in [9.17, 15) is 0 Å². The second kappa shape index (κ2) is 5.99. The van der Waals surface area contributed by atoms with E-state index in [1.165, 1.54) is 51.7 Å². The zero-order chi connectivity index (χ0) is 15.0. The molecule has 1 aromatic rings. The van der Waals surface area contributed by atoms with Crippen LogP contribution in [0.2, 0.25) is 0 Å². The molecule has 4 nitrogen and oxygen atoms in total. The molecule has 3 heterocycles. The fraction of sp³-hybridized carbons (Fsp3) is 0.778. The van der Waals surface area contributed by atoms with Crippen LogP contribution < -0.4 is 0 Å². The molecule has 0 N–H and O–H groups in total. The van der Waals surface area contributed by atoms with Crippen molar-refractivity contribution in [3.05, 3.63) is 24.2 Å². The lowest BCUT2D eigenvalue weighted by Crippen LogP contribution is -2.45. The number of piperidine rings is 1. The Morgan fingerprint density at radius 1 is 1.32 bits per heavy atom. The lowest BCUT2D eigenvalue weighted by molar-refractivity contribution is -0.0444. The minimum Gasteiger partial charge on any atom is -0.468 e. The molecule has 3 fully saturated rings. The predicted molar refractivity (Wildman–Crippen MR) is 85.7 cm³/mol. The van der Waals surface area contributed by atoms with E-state index in [0.717, 1.165) is 24.8 Å². The molecule has 4 heteroatoms. The second-order valence-corrected chi connectivity index (χ2v) is 7.59. The monoisotopic (exact) mass is 304 g/mol. The van der Waals surface area contributed by atoms with Crippen LogP contribution in [0.4, 0.5) is 0 Å². The molecule has 0 amide bonds. The first-order chi connectivity index (χ1) is 10.7. The van der Waals surface area contributed by atoms with Crippen molar-refractivity contribution in [3.63, 3.8) is 0 Å². The summed E-state index contributed by atoms with van der Waals surface area (Å²) in [7, 11) is 2.19. The van der Waals surface area contributed by atoms with Gasteiger partial charge < -0.3 is 14.1 Å². The van der Waals surface area contributed by atoms with E-state index in [1.807, 2.05) is 6.07 Å². The van der Waals surface area contributed by atoms with Gasteiger partial charge in [-0.15, -0.1) is 0 Å². The van der Waals surface area contributed by atoms with Crippen molar-refractivity contribution in [1.29, 1.82) is 0 Å². The van der Waals surface area contributed by atoms with Gasteiger partial charge in [0.2, 0.25) is 0 Å². The number of furan rings is 1. The molecule has 0 bridgehead atoms. The minimum atomic E-state index is 0.155. The standard InChI is InChI=1S/C18H28N2O2/c1-19(13-17-3-2-10-21-17)16-11-18(22-14-16)6-8-20(9-7-18)12-15-4-5-15/h2-3,10,15-16H,4-9,11-14H2,1H3/t16-/m0/s1. The summed E-state index contributed by atoms with van der Waals surface area (Å²) in [6, 6.07) is 4.55. The fourth-order valence-electron chi connectivity index (χ4n) is 4.04. The van der Waals surface area contributed by atoms with E-state index in [0.29, 0.717) is 6.04 Å². The van der Waals surface area contributed by atoms with Gasteiger partial charge in [-0.1, -0.05) is 0 Å². The summed E-state index contributed by atoms with van der Waals surface area (Å²) in [6.07, 6.45) is 8.28. The predicted octanol–water partition coefficient (Wildman–Crippen LogP) is 2.74. The Balaban J connectivity index is 1.28. The highest BCUT2D eigenvalue weighted by Gasteiger charge is 2.44. The number of nitrogens with zero attached hydrogens (tertiary/aromatic N) is 2. The summed E-state index contributed by atoms with van der Waals surface area (Å²) in [5, 5.41) is 0. The van der Waals surface area contributed by atoms with Gasteiger partial charge >= 0.3 is 0 Å². The molecule has 0 unspecified atom stereocenters. The molecule has 1 aliphatic carbocycles. The molecule has 122 valence electrons. The van der Waals surface area contributed by atoms with Crippen LogP contribution in [0.15, 0.2) is 22.8 Å². The molecular weight excluding hydrogens is 276 g/mol. The average molecular weight is 304 g/mol. The van der Waals surface area contributed by atoms with Crippen molar-refractivity contribution in [2.75, 3.05) is 33.3 Å². The van der Waals surface area contributed by atoms with Crippen molar-refractivity contribution < 1.29 is 9.15 Å². The molecule has 1 saturated carbocycles. The third kappa shape index (κ3) is 3.24. The highest BCUT2D eigenvalue weighted by Crippen LogP contribution is 2.39. The molecule has 3 aliphatic rings. The third-order valence-electron chi connectivity index (χ3n) is 5.78. The van der Waals surface area contributed by atoms with E-state index < -0.39 is 0 Å². The first kappa shape index (κ1) is 14.7. The van der Waals surface area contributed by atoms with Gasteiger partial charge in [-0.3, -0.25) is 4.90 Å². The van der Waals surface area contributed by atoms with Gasteiger partial charge in [-0.05, 0) is 57.2 Å². The average Bonchev–Trinajstić information content (AvgIpc) is 3.02. The topological polar surface area (TPSA) is 28.9 Å². The van der Waals surface area contributed by atoms with Crippen LogP contribution in [-0.4, -0.2) is 54.7 Å². The Labute approximate surface area is 133 Å². The zero-order valence-corrected chi connectivity index (χ0v) is 13.7. The molecule has 2 saturated heterocycles. The smallest absolute Gasteiger partial charge is 0.117 e. The molecular formula is C18H28N2O2. The maximum Gasteiger partial charge on any atom is 0.117 e. The molecule has 1 atom stereocenters. The van der Waals surface area contributed by atoms with Gasteiger partial charge in [0.05, 0.1) is 25.0 Å². The fourth-order valence-corrected chi connectivity index (χ4v) is 4.04. The third-order valence-corrected chi connectivity index (χ3v) is 5.78. The molecule has 0 aromatic carbocycles. The number of likely N-dealkylation sites (tertiary alicyclic amines) is 1. The molecule has 22 heavy (non-hydrogen) atoms. The summed E-state index contributed by atoms with van der Waals surface area (Å²) in [6.45, 7) is 5.54. The lowest BCUT2D eigenvalue weighted by atomic mass is 9.87. The van der Waals surface area contributed by atoms with Crippen LogP contribution in [0.5, 0.6) is 0 Å². The number of hydrogen-bond acceptors (Lipinski definition) is 4. The quantitative estimate of drug-likeness (QED) is 0.836. The first-order valence-corrected chi connectivity index (χ1v) is 8.81. The van der Waals surface area contributed by atoms with Crippen LogP contribution in [0, 0.1) is 5.92 Å². The van der Waals surface area contributed by atoms with Crippen LogP contribution >= 0.6 is 0 Å². The van der Waals surface area contributed by atoms with Gasteiger partial charge in [-0.2, -0.15) is 0 Å². The summed E-state index contributed by atoms with van der Waals surface area (Å²) >= 11 is 0. The summed E-state index contributed by atoms with van der Waals surface area (Å²) in [5.74, 6) is 2.05. The number of ether oxygens (including phenoxy) is 1. The maximum atomic E-state index is 6.30. The maximum absolute atomic E-state index is 6.30. The van der Waals surface area contributed by atoms with Crippen molar-refractivity contribution in [1.82, 2.24) is 9.80 Å². The molecule has 1 spiro atoms. The lowest BCUT2D eigenvalue weighted by Gasteiger charge is -2.39. The number of likely N-dealkylation sites (N-methyl/N-ethyl adjacent to an activating group) is 1. The van der Waals surface area contributed by atoms with E-state index in [1.54, 1.807) is 6.26 Å². The normalized spacial score (nSPS) is 28.7. The summed E-state index contributed by atoms with van der Waals surface area (Å²) < 4.78 is 11.8. The SMILES string of the molecule is CN(Cc1ccco1)[C@@H]1COC2(CCN(CC3CC3)CC2)C1. The van der Waals surface area contributed by atoms with Crippen molar-refractivity contribution in [3.8, 4) is 0 Å². The molecule has 2 aliphatic heterocycles. The summed E-state index contributed by atoms with van der Waals surface area (Å²) in [5.41, 5.74) is 0.155. The van der Waals surface area contributed by atoms with Crippen molar-refractivity contribution in [2.24, 2.45) is 5.92 Å². The van der Waals surface area contributed by atoms with Gasteiger partial charge in [-0.25, -0.2) is 0 Å². The van der Waals surface area contributed by atoms with E-state index in [4.69, 9.17) is 9.15 Å². The zero-order valence-electron chi connectivity index (χ0n) is 13.7. The highest BCUT2D eigenvalue weighted by atomic mass is 16.5. The van der Waals surface area contributed by atoms with Crippen molar-refractivity contribution >= 4 is 0 Å². The summed E-state index contributed by atoms with van der Waals surface area (Å²) in [4.78, 5) is 5.05. The van der Waals surface area contributed by atoms with Gasteiger partial charge in [0, 0.05) is 25.7 Å². The largest absolute Gasteiger partial charge is 0.468 e. The Hall–Kier alpha value is -0.840. The number of rotatable bonds is 5. The van der Waals surface area contributed by atoms with E-state index in [-0.39, 0.29) is 5.60 Å². The Morgan fingerprint density at radius 2 is 2.14 bits per heavy atom.